The van der Waals surface area contributed by atoms with Gasteiger partial charge in [-0.15, -0.1) is 0 Å². The summed E-state index contributed by atoms with van der Waals surface area (Å²) < 4.78 is 0. The lowest BCUT2D eigenvalue weighted by atomic mass is 9.95. The predicted molar refractivity (Wildman–Crippen MR) is 186 cm³/mol. The Hall–Kier alpha value is -5.87. The number of benzene rings is 5. The minimum absolute atomic E-state index is 0.229. The Morgan fingerprint density at radius 1 is 0.511 bits per heavy atom. The van der Waals surface area contributed by atoms with Crippen LogP contribution < -0.4 is 4.90 Å². The smallest absolute Gasteiger partial charge is 0.0893 e. The van der Waals surface area contributed by atoms with Crippen molar-refractivity contribution in [2.24, 2.45) is 4.99 Å². The van der Waals surface area contributed by atoms with E-state index in [0.717, 1.165) is 39.6 Å². The number of fused-ring (bicyclic) bond motifs is 6. The van der Waals surface area contributed by atoms with Gasteiger partial charge in [0.15, 0.2) is 0 Å². The topological polar surface area (TPSA) is 41.4 Å². The Morgan fingerprint density at radius 3 is 2.02 bits per heavy atom. The molecule has 0 saturated carbocycles. The van der Waals surface area contributed by atoms with Gasteiger partial charge in [0.1, 0.15) is 0 Å². The molecule has 5 aromatic carbocycles. The largest absolute Gasteiger partial charge is 0.333 e. The lowest BCUT2D eigenvalue weighted by Crippen LogP contribution is -2.29. The van der Waals surface area contributed by atoms with Crippen molar-refractivity contribution in [3.8, 4) is 33.9 Å². The van der Waals surface area contributed by atoms with Gasteiger partial charge in [0, 0.05) is 40.8 Å². The normalized spacial score (nSPS) is 16.7. The Kier molecular flexibility index (Phi) is 5.91. The highest BCUT2D eigenvalue weighted by Gasteiger charge is 2.37. The molecule has 45 heavy (non-hydrogen) atoms. The number of anilines is 2. The molecule has 2 aliphatic rings. The highest BCUT2D eigenvalue weighted by molar-refractivity contribution is 6.08. The van der Waals surface area contributed by atoms with E-state index in [2.05, 4.69) is 150 Å². The second-order valence-corrected chi connectivity index (χ2v) is 11.7. The van der Waals surface area contributed by atoms with Crippen LogP contribution in [0.3, 0.4) is 0 Å². The molecule has 0 saturated heterocycles. The molecule has 0 N–H and O–H groups in total. The molecule has 4 heterocycles. The molecule has 0 bridgehead atoms. The highest BCUT2D eigenvalue weighted by atomic mass is 15.2. The molecule has 7 aromatic rings. The maximum absolute atomic E-state index is 5.06. The van der Waals surface area contributed by atoms with Crippen LogP contribution in [0.5, 0.6) is 0 Å². The molecule has 0 fully saturated rings. The lowest BCUT2D eigenvalue weighted by Gasteiger charge is -2.28. The van der Waals surface area contributed by atoms with Crippen molar-refractivity contribution >= 4 is 39.1 Å². The zero-order chi connectivity index (χ0) is 29.7. The molecule has 212 valence electrons. The molecule has 0 spiro atoms. The van der Waals surface area contributed by atoms with E-state index >= 15 is 0 Å². The third kappa shape index (κ3) is 4.34. The average Bonchev–Trinajstić information content (AvgIpc) is 3.46. The van der Waals surface area contributed by atoms with E-state index in [-0.39, 0.29) is 12.0 Å². The quantitative estimate of drug-likeness (QED) is 0.196. The van der Waals surface area contributed by atoms with Gasteiger partial charge >= 0.3 is 0 Å². The van der Waals surface area contributed by atoms with Crippen molar-refractivity contribution in [1.82, 2.24) is 9.97 Å². The number of aliphatic imine (C=N–C) groups is 1. The van der Waals surface area contributed by atoms with E-state index in [1.807, 2.05) is 18.3 Å². The maximum atomic E-state index is 5.06. The van der Waals surface area contributed by atoms with Gasteiger partial charge in [-0.2, -0.15) is 0 Å². The highest BCUT2D eigenvalue weighted by Crippen LogP contribution is 2.46. The standard InChI is InChI=1S/C41H28N4/c1-2-8-32-27(7-1)15-16-29-25-30(19-22-33(29)32)37-11-6-13-39(44-37)38-12-5-10-36(43-38)28-17-20-31(21-18-28)45-40-14-4-3-9-34(40)35-26-42-24-23-41(35)45/h1-26,35,41H. The van der Waals surface area contributed by atoms with Crippen LogP contribution in [0.15, 0.2) is 157 Å². The summed E-state index contributed by atoms with van der Waals surface area (Å²) in [7, 11) is 0. The van der Waals surface area contributed by atoms with Crippen molar-refractivity contribution in [3.63, 3.8) is 0 Å². The summed E-state index contributed by atoms with van der Waals surface area (Å²) in [6.07, 6.45) is 6.18. The summed E-state index contributed by atoms with van der Waals surface area (Å²) in [5, 5.41) is 4.99. The first-order valence-electron chi connectivity index (χ1n) is 15.4. The number of rotatable bonds is 4. The predicted octanol–water partition coefficient (Wildman–Crippen LogP) is 9.99. The Bertz CT molecular complexity index is 2300. The SMILES string of the molecule is C1=CC2C(C=N1)c1ccccc1N2c1ccc(-c2cccc(-c3cccc(-c4ccc5c(ccc6ccccc65)c4)n3)n2)cc1. The van der Waals surface area contributed by atoms with Gasteiger partial charge in [-0.05, 0) is 81.7 Å². The number of nitrogens with zero attached hydrogens (tertiary/aromatic N) is 4. The first-order valence-corrected chi connectivity index (χ1v) is 15.4. The number of para-hydroxylation sites is 1. The van der Waals surface area contributed by atoms with Gasteiger partial charge < -0.3 is 4.90 Å². The third-order valence-corrected chi connectivity index (χ3v) is 9.08. The van der Waals surface area contributed by atoms with Crippen LogP contribution in [0.2, 0.25) is 0 Å². The number of hydrogen-bond donors (Lipinski definition) is 0. The van der Waals surface area contributed by atoms with Crippen molar-refractivity contribution in [3.05, 3.63) is 157 Å². The molecule has 2 aliphatic heterocycles. The summed E-state index contributed by atoms with van der Waals surface area (Å²) in [4.78, 5) is 17.0. The van der Waals surface area contributed by atoms with E-state index in [1.165, 1.54) is 32.8 Å². The second-order valence-electron chi connectivity index (χ2n) is 11.7. The van der Waals surface area contributed by atoms with Crippen LogP contribution in [0.1, 0.15) is 11.5 Å². The van der Waals surface area contributed by atoms with Crippen molar-refractivity contribution < 1.29 is 0 Å². The summed E-state index contributed by atoms with van der Waals surface area (Å²) >= 11 is 0. The van der Waals surface area contributed by atoms with Gasteiger partial charge in [-0.25, -0.2) is 9.97 Å². The van der Waals surface area contributed by atoms with E-state index in [9.17, 15) is 0 Å². The van der Waals surface area contributed by atoms with E-state index in [1.54, 1.807) is 0 Å². The van der Waals surface area contributed by atoms with E-state index in [0.29, 0.717) is 0 Å². The van der Waals surface area contributed by atoms with E-state index in [4.69, 9.17) is 9.97 Å². The first-order chi connectivity index (χ1) is 22.3. The van der Waals surface area contributed by atoms with Crippen molar-refractivity contribution in [2.45, 2.75) is 12.0 Å². The zero-order valence-electron chi connectivity index (χ0n) is 24.5. The molecule has 4 heteroatoms. The van der Waals surface area contributed by atoms with Crippen LogP contribution in [-0.4, -0.2) is 22.2 Å². The van der Waals surface area contributed by atoms with Gasteiger partial charge in [-0.1, -0.05) is 91.0 Å². The van der Waals surface area contributed by atoms with Crippen LogP contribution >= 0.6 is 0 Å². The lowest BCUT2D eigenvalue weighted by molar-refractivity contribution is 0.780. The van der Waals surface area contributed by atoms with E-state index < -0.39 is 0 Å². The molecule has 2 unspecified atom stereocenters. The maximum Gasteiger partial charge on any atom is 0.0893 e. The first kappa shape index (κ1) is 25.6. The molecule has 2 aromatic heterocycles. The molecule has 4 nitrogen and oxygen atoms in total. The Morgan fingerprint density at radius 2 is 1.18 bits per heavy atom. The van der Waals surface area contributed by atoms with Crippen molar-refractivity contribution in [1.29, 1.82) is 0 Å². The van der Waals surface area contributed by atoms with Gasteiger partial charge in [0.05, 0.1) is 28.8 Å². The Balaban J connectivity index is 1.02. The fourth-order valence-electron chi connectivity index (χ4n) is 6.90. The minimum Gasteiger partial charge on any atom is -0.333 e. The van der Waals surface area contributed by atoms with Crippen molar-refractivity contribution in [2.75, 3.05) is 4.90 Å². The van der Waals surface area contributed by atoms with Crippen LogP contribution in [-0.2, 0) is 0 Å². The van der Waals surface area contributed by atoms with Crippen LogP contribution in [0.4, 0.5) is 11.4 Å². The summed E-state index contributed by atoms with van der Waals surface area (Å²) in [5.41, 5.74) is 9.46. The Labute approximate surface area is 261 Å². The summed E-state index contributed by atoms with van der Waals surface area (Å²) in [6, 6.07) is 49.5. The second kappa shape index (κ2) is 10.4. The minimum atomic E-state index is 0.229. The molecule has 2 atom stereocenters. The molecule has 9 rings (SSSR count). The van der Waals surface area contributed by atoms with Gasteiger partial charge in [0.2, 0.25) is 0 Å². The van der Waals surface area contributed by atoms with Crippen LogP contribution in [0.25, 0.3) is 55.4 Å². The fourth-order valence-corrected chi connectivity index (χ4v) is 6.90. The number of hydrogen-bond acceptors (Lipinski definition) is 4. The average molecular weight is 577 g/mol. The molecule has 0 radical (unpaired) electrons. The van der Waals surface area contributed by atoms with Gasteiger partial charge in [0.25, 0.3) is 0 Å². The zero-order valence-corrected chi connectivity index (χ0v) is 24.5. The number of pyridine rings is 2. The summed E-state index contributed by atoms with van der Waals surface area (Å²) in [5.74, 6) is 0.266. The third-order valence-electron chi connectivity index (χ3n) is 9.08. The molecule has 0 amide bonds. The monoisotopic (exact) mass is 576 g/mol. The molecular weight excluding hydrogens is 548 g/mol. The molecule has 0 aliphatic carbocycles. The summed E-state index contributed by atoms with van der Waals surface area (Å²) in [6.45, 7) is 0. The molecular formula is C41H28N4. The fraction of sp³-hybridized carbons (Fsp3) is 0.0488. The number of aromatic nitrogens is 2. The van der Waals surface area contributed by atoms with Crippen LogP contribution in [0, 0.1) is 0 Å². The van der Waals surface area contributed by atoms with Gasteiger partial charge in [-0.3, -0.25) is 4.99 Å².